The Hall–Kier alpha value is -3.17. The molecule has 0 aromatic carbocycles. The zero-order valence-corrected chi connectivity index (χ0v) is 22.7. The van der Waals surface area contributed by atoms with Gasteiger partial charge in [0.05, 0.1) is 23.9 Å². The molecule has 3 heterocycles. The Balaban J connectivity index is 2.16. The number of ether oxygens (including phenoxy) is 1. The van der Waals surface area contributed by atoms with Gasteiger partial charge in [-0.3, -0.25) is 28.6 Å². The van der Waals surface area contributed by atoms with Crippen LogP contribution in [0.3, 0.4) is 0 Å². The molecule has 0 bridgehead atoms. The zero-order valence-electron chi connectivity index (χ0n) is 21.1. The lowest BCUT2D eigenvalue weighted by Gasteiger charge is -2.36. The highest BCUT2D eigenvalue weighted by atomic mass is 32.2. The number of aromatic nitrogens is 1. The molecule has 0 aliphatic carbocycles. The van der Waals surface area contributed by atoms with Crippen molar-refractivity contribution in [2.75, 3.05) is 31.1 Å². The standard InChI is InChI=1S/C25H30N4O6S2/c1-4-9-28-21(27-10-6-7-16(14-27)24(34)35-5-2)17(15(3)18(13-26)22(28)32)12-19-23(33)29(25(36)37-19)11-8-20(30)31/h12,16H,4-11,14H2,1-3H3,(H,30,31)/b19-12-. The summed E-state index contributed by atoms with van der Waals surface area (Å²) in [7, 11) is 0. The van der Waals surface area contributed by atoms with Crippen LogP contribution in [0.5, 0.6) is 0 Å². The van der Waals surface area contributed by atoms with Crippen LogP contribution in [0, 0.1) is 24.2 Å². The average molecular weight is 547 g/mol. The lowest BCUT2D eigenvalue weighted by Crippen LogP contribution is -2.43. The number of nitrogens with zero attached hydrogens (tertiary/aromatic N) is 4. The van der Waals surface area contributed by atoms with Gasteiger partial charge in [-0.25, -0.2) is 0 Å². The van der Waals surface area contributed by atoms with Crippen molar-refractivity contribution in [3.63, 3.8) is 0 Å². The van der Waals surface area contributed by atoms with Crippen LogP contribution >= 0.6 is 24.0 Å². The number of carboxylic acid groups (broad SMARTS) is 1. The summed E-state index contributed by atoms with van der Waals surface area (Å²) < 4.78 is 7.04. The van der Waals surface area contributed by atoms with E-state index in [0.29, 0.717) is 55.8 Å². The number of piperidine rings is 1. The molecule has 1 amide bonds. The van der Waals surface area contributed by atoms with Crippen molar-refractivity contribution in [3.05, 3.63) is 31.9 Å². The maximum atomic E-state index is 13.3. The SMILES string of the molecule is CCCn1c(N2CCCC(C(=O)OCC)C2)c(/C=C2\SC(=S)N(CCC(=O)O)C2=O)c(C)c(C#N)c1=O. The number of esters is 1. The first-order valence-electron chi connectivity index (χ1n) is 12.2. The number of carbonyl (C=O) groups excluding carboxylic acids is 2. The van der Waals surface area contributed by atoms with Gasteiger partial charge >= 0.3 is 11.9 Å². The van der Waals surface area contributed by atoms with Crippen molar-refractivity contribution in [3.8, 4) is 6.07 Å². The van der Waals surface area contributed by atoms with E-state index >= 15 is 0 Å². The lowest BCUT2D eigenvalue weighted by atomic mass is 9.96. The first kappa shape index (κ1) is 28.4. The van der Waals surface area contributed by atoms with Crippen LogP contribution in [0.25, 0.3) is 6.08 Å². The summed E-state index contributed by atoms with van der Waals surface area (Å²) in [6.07, 6.45) is 3.39. The summed E-state index contributed by atoms with van der Waals surface area (Å²) in [6, 6.07) is 2.01. The van der Waals surface area contributed by atoms with Gasteiger partial charge in [-0.1, -0.05) is 30.9 Å². The van der Waals surface area contributed by atoms with Crippen molar-refractivity contribution in [2.45, 2.75) is 53.0 Å². The number of carboxylic acids is 1. The van der Waals surface area contributed by atoms with Gasteiger partial charge in [-0.15, -0.1) is 0 Å². The zero-order chi connectivity index (χ0) is 27.3. The number of anilines is 1. The van der Waals surface area contributed by atoms with Crippen molar-refractivity contribution in [1.29, 1.82) is 5.26 Å². The largest absolute Gasteiger partial charge is 0.481 e. The first-order chi connectivity index (χ1) is 17.6. The van der Waals surface area contributed by atoms with Crippen LogP contribution in [0.4, 0.5) is 5.82 Å². The Morgan fingerprint density at radius 2 is 2.03 bits per heavy atom. The van der Waals surface area contributed by atoms with E-state index in [9.17, 15) is 24.4 Å². The molecule has 10 nitrogen and oxygen atoms in total. The van der Waals surface area contributed by atoms with Gasteiger partial charge in [0.1, 0.15) is 21.8 Å². The third-order valence-electron chi connectivity index (χ3n) is 6.33. The maximum Gasteiger partial charge on any atom is 0.310 e. The highest BCUT2D eigenvalue weighted by Gasteiger charge is 2.35. The van der Waals surface area contributed by atoms with Crippen molar-refractivity contribution in [1.82, 2.24) is 9.47 Å². The van der Waals surface area contributed by atoms with Crippen LogP contribution in [0.1, 0.15) is 56.2 Å². The third kappa shape index (κ3) is 6.05. The van der Waals surface area contributed by atoms with Gasteiger partial charge in [0.2, 0.25) is 0 Å². The summed E-state index contributed by atoms with van der Waals surface area (Å²) in [5.74, 6) is -1.56. The number of amides is 1. The van der Waals surface area contributed by atoms with E-state index in [1.165, 1.54) is 4.90 Å². The molecule has 1 aromatic heterocycles. The van der Waals surface area contributed by atoms with Crippen LogP contribution in [-0.2, 0) is 25.7 Å². The van der Waals surface area contributed by atoms with Crippen molar-refractivity contribution >= 4 is 58.0 Å². The molecule has 2 saturated heterocycles. The number of rotatable bonds is 9. The van der Waals surface area contributed by atoms with Crippen molar-refractivity contribution in [2.24, 2.45) is 5.92 Å². The topological polar surface area (TPSA) is 133 Å². The molecule has 1 N–H and O–H groups in total. The van der Waals surface area contributed by atoms with Crippen LogP contribution in [0.2, 0.25) is 0 Å². The summed E-state index contributed by atoms with van der Waals surface area (Å²) in [5, 5.41) is 18.8. The second kappa shape index (κ2) is 12.4. The van der Waals surface area contributed by atoms with Crippen LogP contribution in [0.15, 0.2) is 9.70 Å². The number of hydrogen-bond donors (Lipinski definition) is 1. The molecule has 3 rings (SSSR count). The molecular weight excluding hydrogens is 516 g/mol. The minimum atomic E-state index is -1.04. The molecule has 12 heteroatoms. The Kier molecular flexibility index (Phi) is 9.50. The van der Waals surface area contributed by atoms with Crippen LogP contribution in [-0.4, -0.2) is 63.0 Å². The van der Waals surface area contributed by atoms with Crippen molar-refractivity contribution < 1.29 is 24.2 Å². The molecule has 0 saturated carbocycles. The molecule has 2 aliphatic heterocycles. The molecule has 37 heavy (non-hydrogen) atoms. The van der Waals surface area contributed by atoms with Gasteiger partial charge in [-0.05, 0) is 44.7 Å². The number of nitriles is 1. The van der Waals surface area contributed by atoms with Gasteiger partial charge < -0.3 is 14.7 Å². The normalized spacial score (nSPS) is 18.9. The van der Waals surface area contributed by atoms with E-state index < -0.39 is 17.4 Å². The Bertz CT molecular complexity index is 1250. The van der Waals surface area contributed by atoms with E-state index in [4.69, 9.17) is 22.1 Å². The second-order valence-corrected chi connectivity index (χ2v) is 10.5. The highest BCUT2D eigenvalue weighted by molar-refractivity contribution is 8.26. The number of thioether (sulfide) groups is 1. The first-order valence-corrected chi connectivity index (χ1v) is 13.4. The Morgan fingerprint density at radius 1 is 1.30 bits per heavy atom. The Labute approximate surface area is 224 Å². The number of carbonyl (C=O) groups is 3. The van der Waals surface area contributed by atoms with Gasteiger partial charge in [0, 0.05) is 31.7 Å². The number of aliphatic carboxylic acids is 1. The van der Waals surface area contributed by atoms with E-state index in [1.54, 1.807) is 24.5 Å². The smallest absolute Gasteiger partial charge is 0.310 e. The monoisotopic (exact) mass is 546 g/mol. The van der Waals surface area contributed by atoms with E-state index in [1.807, 2.05) is 17.9 Å². The van der Waals surface area contributed by atoms with Gasteiger partial charge in [-0.2, -0.15) is 5.26 Å². The molecule has 2 fully saturated rings. The van der Waals surface area contributed by atoms with E-state index in [-0.39, 0.29) is 46.2 Å². The molecule has 1 aromatic rings. The molecule has 1 unspecified atom stereocenters. The minimum Gasteiger partial charge on any atom is -0.481 e. The van der Waals surface area contributed by atoms with E-state index in [0.717, 1.165) is 11.8 Å². The summed E-state index contributed by atoms with van der Waals surface area (Å²) in [5.41, 5.74) is 0.543. The van der Waals surface area contributed by atoms with E-state index in [2.05, 4.69) is 0 Å². The van der Waals surface area contributed by atoms with Crippen LogP contribution < -0.4 is 10.5 Å². The van der Waals surface area contributed by atoms with Gasteiger partial charge in [0.25, 0.3) is 11.5 Å². The number of pyridine rings is 1. The Morgan fingerprint density at radius 3 is 2.65 bits per heavy atom. The minimum absolute atomic E-state index is 0.0104. The molecular formula is C25H30N4O6S2. The lowest BCUT2D eigenvalue weighted by molar-refractivity contribution is -0.148. The fourth-order valence-electron chi connectivity index (χ4n) is 4.57. The summed E-state index contributed by atoms with van der Waals surface area (Å²) in [4.78, 5) is 53.5. The van der Waals surface area contributed by atoms with Gasteiger partial charge in [0.15, 0.2) is 0 Å². The molecule has 2 aliphatic rings. The number of hydrogen-bond acceptors (Lipinski definition) is 9. The fraction of sp³-hybridized carbons (Fsp3) is 0.520. The third-order valence-corrected chi connectivity index (χ3v) is 7.71. The quantitative estimate of drug-likeness (QED) is 0.280. The fourth-order valence-corrected chi connectivity index (χ4v) is 5.86. The predicted molar refractivity (Wildman–Crippen MR) is 144 cm³/mol. The molecule has 1 atom stereocenters. The molecule has 0 spiro atoms. The summed E-state index contributed by atoms with van der Waals surface area (Å²) in [6.45, 7) is 6.86. The maximum absolute atomic E-state index is 13.3. The highest BCUT2D eigenvalue weighted by Crippen LogP contribution is 2.37. The number of thiocarbonyl (C=S) groups is 1. The summed E-state index contributed by atoms with van der Waals surface area (Å²) >= 11 is 6.38. The molecule has 0 radical (unpaired) electrons. The predicted octanol–water partition coefficient (Wildman–Crippen LogP) is 2.89. The average Bonchev–Trinajstić information content (AvgIpc) is 3.13. The molecule has 198 valence electrons. The second-order valence-electron chi connectivity index (χ2n) is 8.82.